The maximum atomic E-state index is 11.6. The molecule has 3 heterocycles. The zero-order chi connectivity index (χ0) is 17.1. The normalized spacial score (nSPS) is 17.7. The van der Waals surface area contributed by atoms with Crippen molar-refractivity contribution in [3.05, 3.63) is 47.2 Å². The summed E-state index contributed by atoms with van der Waals surface area (Å²) in [5.41, 5.74) is 6.26. The molecule has 0 atom stereocenters. The largest absolute Gasteiger partial charge is 0.367 e. The molecule has 1 aromatic heterocycles. The third-order valence-electron chi connectivity index (χ3n) is 4.20. The van der Waals surface area contributed by atoms with Gasteiger partial charge in [-0.15, -0.1) is 0 Å². The summed E-state index contributed by atoms with van der Waals surface area (Å²) < 4.78 is 0. The molecule has 0 unspecified atom stereocenters. The van der Waals surface area contributed by atoms with Crippen molar-refractivity contribution in [2.75, 3.05) is 19.6 Å². The second-order valence-electron chi connectivity index (χ2n) is 5.75. The van der Waals surface area contributed by atoms with Crippen LogP contribution in [0, 0.1) is 0 Å². The lowest BCUT2D eigenvalue weighted by Gasteiger charge is -2.32. The molecule has 1 aromatic rings. The Hall–Kier alpha value is -2.90. The van der Waals surface area contributed by atoms with Crippen LogP contribution in [-0.4, -0.2) is 47.4 Å². The van der Waals surface area contributed by atoms with Crippen molar-refractivity contribution in [2.24, 2.45) is 15.7 Å². The molecule has 0 aromatic carbocycles. The van der Waals surface area contributed by atoms with Gasteiger partial charge in [0.25, 0.3) is 5.91 Å². The molecule has 24 heavy (non-hydrogen) atoms. The van der Waals surface area contributed by atoms with Crippen LogP contribution in [0.2, 0.25) is 0 Å². The third-order valence-corrected chi connectivity index (χ3v) is 4.20. The van der Waals surface area contributed by atoms with Crippen LogP contribution in [0.25, 0.3) is 0 Å². The number of nitrogens with two attached hydrogens (primary N) is 1. The molecule has 0 aliphatic carbocycles. The van der Waals surface area contributed by atoms with Gasteiger partial charge in [-0.3, -0.25) is 14.6 Å². The van der Waals surface area contributed by atoms with E-state index in [2.05, 4.69) is 26.9 Å². The number of hydrogen-bond acceptors (Lipinski definition) is 5. The van der Waals surface area contributed by atoms with E-state index in [9.17, 15) is 9.59 Å². The molecule has 2 aliphatic rings. The smallest absolute Gasteiger partial charge is 0.252 e. The number of carbonyl (C=O) groups excluding carboxylic acids is 2. The Kier molecular flexibility index (Phi) is 4.45. The first-order chi connectivity index (χ1) is 11.6. The topological polar surface area (TPSA) is 116 Å². The highest BCUT2D eigenvalue weighted by atomic mass is 16.2. The highest BCUT2D eigenvalue weighted by Crippen LogP contribution is 2.12. The van der Waals surface area contributed by atoms with Crippen molar-refractivity contribution in [1.29, 1.82) is 0 Å². The fraction of sp³-hybridized carbons (Fsp3) is 0.375. The maximum absolute atomic E-state index is 11.6. The van der Waals surface area contributed by atoms with Gasteiger partial charge in [0.1, 0.15) is 11.2 Å². The van der Waals surface area contributed by atoms with Crippen LogP contribution >= 0.6 is 0 Å². The minimum absolute atomic E-state index is 0.0336. The Labute approximate surface area is 138 Å². The molecule has 126 valence electrons. The average molecular weight is 328 g/mol. The first-order valence-corrected chi connectivity index (χ1v) is 7.87. The molecule has 8 heteroatoms. The number of hydrogen-bond donors (Lipinski definition) is 3. The lowest BCUT2D eigenvalue weighted by atomic mass is 10.0. The maximum Gasteiger partial charge on any atom is 0.252 e. The average Bonchev–Trinajstić information content (AvgIpc) is 2.87. The van der Waals surface area contributed by atoms with E-state index in [-0.39, 0.29) is 11.9 Å². The summed E-state index contributed by atoms with van der Waals surface area (Å²) in [6.07, 6.45) is 6.40. The predicted molar refractivity (Wildman–Crippen MR) is 87.5 cm³/mol. The van der Waals surface area contributed by atoms with Crippen molar-refractivity contribution in [2.45, 2.75) is 18.9 Å². The van der Waals surface area contributed by atoms with Crippen molar-refractivity contribution < 1.29 is 9.59 Å². The fourth-order valence-corrected chi connectivity index (χ4v) is 2.89. The van der Waals surface area contributed by atoms with Gasteiger partial charge in [-0.2, -0.15) is 0 Å². The summed E-state index contributed by atoms with van der Waals surface area (Å²) in [6.45, 7) is 5.34. The van der Waals surface area contributed by atoms with Gasteiger partial charge in [0.15, 0.2) is 5.49 Å². The number of nitrogens with one attached hydrogen (secondary N) is 2. The Morgan fingerprint density at radius 2 is 2.17 bits per heavy atom. The molecule has 2 aliphatic heterocycles. The van der Waals surface area contributed by atoms with Gasteiger partial charge in [0.2, 0.25) is 5.91 Å². The Morgan fingerprint density at radius 3 is 2.83 bits per heavy atom. The molecule has 3 rings (SSSR count). The highest BCUT2D eigenvalue weighted by molar-refractivity contribution is 5.92. The standard InChI is InChI=1S/C16H20N6O2/c1-2-13(23)22-7-4-10(5-8-22)20-12-3-6-18-16-14(21-12)11(9-19-16)15(17)24/h2-3,9-10,20H,1,4-8H2,(H2,17,24)(H,18,19). The van der Waals surface area contributed by atoms with Gasteiger partial charge in [0.05, 0.1) is 12.1 Å². The molecule has 0 bridgehead atoms. The lowest BCUT2D eigenvalue weighted by molar-refractivity contribution is -0.127. The number of H-pyrrole nitrogens is 1. The zero-order valence-corrected chi connectivity index (χ0v) is 13.3. The number of fused-ring (bicyclic) bond motifs is 1. The SMILES string of the molecule is C=CC(=O)N1CCC(NC2=CCN=c3[nH]cc(C(N)=O)c3=N2)CC1. The fourth-order valence-electron chi connectivity index (χ4n) is 2.89. The van der Waals surface area contributed by atoms with Crippen molar-refractivity contribution >= 4 is 11.8 Å². The van der Waals surface area contributed by atoms with Gasteiger partial charge in [0, 0.05) is 25.3 Å². The number of amides is 2. The minimum atomic E-state index is -0.538. The molecule has 0 radical (unpaired) electrons. The van der Waals surface area contributed by atoms with E-state index in [1.165, 1.54) is 12.3 Å². The van der Waals surface area contributed by atoms with Crippen LogP contribution in [0.3, 0.4) is 0 Å². The number of piperidine rings is 1. The zero-order valence-electron chi connectivity index (χ0n) is 13.3. The summed E-state index contributed by atoms with van der Waals surface area (Å²) >= 11 is 0. The number of likely N-dealkylation sites (tertiary alicyclic amines) is 1. The van der Waals surface area contributed by atoms with Crippen LogP contribution in [0.4, 0.5) is 0 Å². The van der Waals surface area contributed by atoms with Crippen molar-refractivity contribution in [3.8, 4) is 0 Å². The number of carbonyl (C=O) groups is 2. The molecule has 1 saturated heterocycles. The second kappa shape index (κ2) is 6.69. The predicted octanol–water partition coefficient (Wildman–Crippen LogP) is -1.03. The molecule has 2 amide bonds. The van der Waals surface area contributed by atoms with E-state index in [1.54, 1.807) is 4.90 Å². The van der Waals surface area contributed by atoms with E-state index in [4.69, 9.17) is 5.73 Å². The summed E-state index contributed by atoms with van der Waals surface area (Å²) in [4.78, 5) is 36.7. The number of primary amides is 1. The Balaban J connectivity index is 1.72. The summed E-state index contributed by atoms with van der Waals surface area (Å²) in [5, 5.41) is 3.85. The molecular formula is C16H20N6O2. The van der Waals surface area contributed by atoms with Crippen molar-refractivity contribution in [3.63, 3.8) is 0 Å². The quantitative estimate of drug-likeness (QED) is 0.614. The van der Waals surface area contributed by atoms with Crippen LogP contribution < -0.4 is 21.9 Å². The van der Waals surface area contributed by atoms with Crippen LogP contribution in [0.15, 0.2) is 40.7 Å². The van der Waals surface area contributed by atoms with Gasteiger partial charge >= 0.3 is 0 Å². The number of rotatable bonds is 4. The van der Waals surface area contributed by atoms with Gasteiger partial charge in [-0.1, -0.05) is 6.58 Å². The van der Waals surface area contributed by atoms with E-state index >= 15 is 0 Å². The lowest BCUT2D eigenvalue weighted by Crippen LogP contribution is -2.44. The molecule has 0 saturated carbocycles. The van der Waals surface area contributed by atoms with E-state index in [1.807, 2.05) is 6.08 Å². The van der Waals surface area contributed by atoms with Crippen LogP contribution in [0.1, 0.15) is 23.2 Å². The van der Waals surface area contributed by atoms with E-state index < -0.39 is 5.91 Å². The molecular weight excluding hydrogens is 308 g/mol. The van der Waals surface area contributed by atoms with E-state index in [0.29, 0.717) is 41.9 Å². The first kappa shape index (κ1) is 16.0. The number of nitrogens with zero attached hydrogens (tertiary/aromatic N) is 3. The van der Waals surface area contributed by atoms with Gasteiger partial charge < -0.3 is 20.9 Å². The third kappa shape index (κ3) is 3.22. The molecule has 8 nitrogen and oxygen atoms in total. The number of aromatic amines is 1. The summed E-state index contributed by atoms with van der Waals surface area (Å²) in [6, 6.07) is 0.214. The monoisotopic (exact) mass is 328 g/mol. The molecule has 0 spiro atoms. The van der Waals surface area contributed by atoms with Crippen LogP contribution in [0.5, 0.6) is 0 Å². The van der Waals surface area contributed by atoms with Crippen molar-refractivity contribution in [1.82, 2.24) is 15.2 Å². The highest BCUT2D eigenvalue weighted by Gasteiger charge is 2.22. The summed E-state index contributed by atoms with van der Waals surface area (Å²) in [7, 11) is 0. The van der Waals surface area contributed by atoms with E-state index in [0.717, 1.165) is 12.8 Å². The van der Waals surface area contributed by atoms with Crippen LogP contribution in [-0.2, 0) is 4.79 Å². The first-order valence-electron chi connectivity index (χ1n) is 7.87. The van der Waals surface area contributed by atoms with Gasteiger partial charge in [-0.05, 0) is 25.0 Å². The summed E-state index contributed by atoms with van der Waals surface area (Å²) in [5.74, 6) is 0.103. The molecule has 1 fully saturated rings. The second-order valence-corrected chi connectivity index (χ2v) is 5.75. The minimum Gasteiger partial charge on any atom is -0.367 e. The Morgan fingerprint density at radius 1 is 1.42 bits per heavy atom. The molecule has 4 N–H and O–H groups in total. The number of aromatic nitrogens is 1. The van der Waals surface area contributed by atoms with Gasteiger partial charge in [-0.25, -0.2) is 4.99 Å². The Bertz CT molecular complexity index is 814.